The summed E-state index contributed by atoms with van der Waals surface area (Å²) in [5, 5.41) is 0.577. The van der Waals surface area contributed by atoms with E-state index in [0.29, 0.717) is 23.7 Å². The van der Waals surface area contributed by atoms with Crippen molar-refractivity contribution >= 4 is 27.3 Å². The van der Waals surface area contributed by atoms with Gasteiger partial charge in [0.15, 0.2) is 15.9 Å². The lowest BCUT2D eigenvalue weighted by atomic mass is 10.1. The highest BCUT2D eigenvalue weighted by atomic mass is 35.5. The van der Waals surface area contributed by atoms with Crippen LogP contribution in [0.5, 0.6) is 5.75 Å². The quantitative estimate of drug-likeness (QED) is 0.689. The first-order valence-corrected chi connectivity index (χ1v) is 11.8. The van der Waals surface area contributed by atoms with E-state index in [-0.39, 0.29) is 23.5 Å². The summed E-state index contributed by atoms with van der Waals surface area (Å²) in [5.74, 6) is 0.513. The second-order valence-corrected chi connectivity index (χ2v) is 10.3. The van der Waals surface area contributed by atoms with Crippen molar-refractivity contribution in [2.75, 3.05) is 11.5 Å². The number of rotatable bonds is 6. The second kappa shape index (κ2) is 8.76. The van der Waals surface area contributed by atoms with Crippen LogP contribution in [0.3, 0.4) is 0 Å². The molecular formula is C22H26ClNO4S. The van der Waals surface area contributed by atoms with E-state index in [1.54, 1.807) is 24.0 Å². The van der Waals surface area contributed by atoms with Crippen LogP contribution in [0.25, 0.3) is 0 Å². The molecule has 0 bridgehead atoms. The van der Waals surface area contributed by atoms with Gasteiger partial charge in [-0.15, -0.1) is 0 Å². The Balaban J connectivity index is 1.84. The minimum atomic E-state index is -3.13. The summed E-state index contributed by atoms with van der Waals surface area (Å²) in [6.07, 6.45) is -0.303. The van der Waals surface area contributed by atoms with Gasteiger partial charge in [0.1, 0.15) is 5.75 Å². The van der Waals surface area contributed by atoms with Crippen LogP contribution >= 0.6 is 11.6 Å². The van der Waals surface area contributed by atoms with Gasteiger partial charge in [-0.1, -0.05) is 35.9 Å². The van der Waals surface area contributed by atoms with Gasteiger partial charge < -0.3 is 9.64 Å². The monoisotopic (exact) mass is 435 g/mol. The maximum atomic E-state index is 13.3. The average molecular weight is 436 g/mol. The van der Waals surface area contributed by atoms with Gasteiger partial charge in [0.05, 0.1) is 11.5 Å². The molecule has 2 aromatic rings. The van der Waals surface area contributed by atoms with E-state index in [9.17, 15) is 13.2 Å². The Kier molecular flexibility index (Phi) is 6.54. The van der Waals surface area contributed by atoms with Gasteiger partial charge in [0.2, 0.25) is 0 Å². The molecule has 1 fully saturated rings. The third kappa shape index (κ3) is 5.31. The second-order valence-electron chi connectivity index (χ2n) is 7.61. The Morgan fingerprint density at radius 1 is 1.24 bits per heavy atom. The van der Waals surface area contributed by atoms with E-state index in [1.165, 1.54) is 0 Å². The van der Waals surface area contributed by atoms with Crippen molar-refractivity contribution in [3.63, 3.8) is 0 Å². The number of benzene rings is 2. The maximum absolute atomic E-state index is 13.3. The highest BCUT2D eigenvalue weighted by Crippen LogP contribution is 2.25. The van der Waals surface area contributed by atoms with Crippen LogP contribution in [-0.2, 0) is 21.2 Å². The lowest BCUT2D eigenvalue weighted by molar-refractivity contribution is -0.140. The van der Waals surface area contributed by atoms with Crippen LogP contribution in [0, 0.1) is 13.8 Å². The Hall–Kier alpha value is -2.05. The largest absolute Gasteiger partial charge is 0.481 e. The number of amides is 1. The minimum absolute atomic E-state index is 0.0184. The van der Waals surface area contributed by atoms with Crippen molar-refractivity contribution in [3.8, 4) is 5.75 Å². The first-order valence-electron chi connectivity index (χ1n) is 9.64. The van der Waals surface area contributed by atoms with Crippen molar-refractivity contribution in [1.29, 1.82) is 0 Å². The Morgan fingerprint density at radius 2 is 1.97 bits per heavy atom. The average Bonchev–Trinajstić information content (AvgIpc) is 3.02. The molecule has 1 heterocycles. The molecule has 0 spiro atoms. The Labute approximate surface area is 177 Å². The summed E-state index contributed by atoms with van der Waals surface area (Å²) >= 11 is 6.09. The van der Waals surface area contributed by atoms with Crippen molar-refractivity contribution in [2.45, 2.75) is 45.9 Å². The summed E-state index contributed by atoms with van der Waals surface area (Å²) in [6.45, 7) is 5.94. The summed E-state index contributed by atoms with van der Waals surface area (Å²) in [5.41, 5.74) is 2.92. The predicted molar refractivity (Wildman–Crippen MR) is 115 cm³/mol. The van der Waals surface area contributed by atoms with E-state index in [0.717, 1.165) is 16.7 Å². The molecule has 1 amide bonds. The number of carbonyl (C=O) groups is 1. The van der Waals surface area contributed by atoms with Crippen LogP contribution in [0.15, 0.2) is 42.5 Å². The highest BCUT2D eigenvalue weighted by molar-refractivity contribution is 7.91. The van der Waals surface area contributed by atoms with Crippen LogP contribution in [0.4, 0.5) is 0 Å². The normalized spacial score (nSPS) is 19.0. The lowest BCUT2D eigenvalue weighted by Crippen LogP contribution is -2.46. The molecule has 1 saturated heterocycles. The Morgan fingerprint density at radius 3 is 2.62 bits per heavy atom. The third-order valence-electron chi connectivity index (χ3n) is 5.38. The number of hydrogen-bond donors (Lipinski definition) is 0. The SMILES string of the molecule is Cc1cccc(OC(C)C(=O)N(Cc2cccc(Cl)c2)C2CCS(=O)(=O)C2)c1C. The maximum Gasteiger partial charge on any atom is 0.263 e. The van der Waals surface area contributed by atoms with Gasteiger partial charge in [-0.3, -0.25) is 4.79 Å². The third-order valence-corrected chi connectivity index (χ3v) is 7.37. The molecule has 2 aromatic carbocycles. The summed E-state index contributed by atoms with van der Waals surface area (Å²) < 4.78 is 30.0. The molecule has 0 N–H and O–H groups in total. The Bertz CT molecular complexity index is 1010. The fourth-order valence-electron chi connectivity index (χ4n) is 3.57. The van der Waals surface area contributed by atoms with Crippen molar-refractivity contribution in [2.24, 2.45) is 0 Å². The molecule has 5 nitrogen and oxygen atoms in total. The molecule has 0 aromatic heterocycles. The van der Waals surface area contributed by atoms with Crippen LogP contribution in [-0.4, -0.2) is 42.9 Å². The van der Waals surface area contributed by atoms with Gasteiger partial charge in [0, 0.05) is 17.6 Å². The molecule has 0 saturated carbocycles. The number of nitrogens with zero attached hydrogens (tertiary/aromatic N) is 1. The number of halogens is 1. The predicted octanol–water partition coefficient (Wildman–Crippen LogP) is 3.94. The molecule has 2 unspecified atom stereocenters. The number of carbonyl (C=O) groups excluding carboxylic acids is 1. The molecular weight excluding hydrogens is 410 g/mol. The fourth-order valence-corrected chi connectivity index (χ4v) is 5.51. The molecule has 29 heavy (non-hydrogen) atoms. The molecule has 3 rings (SSSR count). The number of sulfone groups is 1. The standard InChI is InChI=1S/C22H26ClNO4S/c1-15-6-4-9-21(16(15)2)28-17(3)22(25)24(20-10-11-29(26,27)14-20)13-18-7-5-8-19(23)12-18/h4-9,12,17,20H,10-11,13-14H2,1-3H3. The summed E-state index contributed by atoms with van der Waals surface area (Å²) in [7, 11) is -3.13. The zero-order valence-corrected chi connectivity index (χ0v) is 18.5. The fraction of sp³-hybridized carbons (Fsp3) is 0.409. The van der Waals surface area contributed by atoms with E-state index in [1.807, 2.05) is 44.2 Å². The number of hydrogen-bond acceptors (Lipinski definition) is 4. The molecule has 1 aliphatic heterocycles. The molecule has 2 atom stereocenters. The number of aryl methyl sites for hydroxylation is 1. The molecule has 1 aliphatic rings. The lowest BCUT2D eigenvalue weighted by Gasteiger charge is -2.31. The first-order chi connectivity index (χ1) is 13.7. The van der Waals surface area contributed by atoms with Gasteiger partial charge in [-0.05, 0) is 62.1 Å². The minimum Gasteiger partial charge on any atom is -0.481 e. The van der Waals surface area contributed by atoms with Gasteiger partial charge in [-0.2, -0.15) is 0 Å². The van der Waals surface area contributed by atoms with Crippen LogP contribution in [0.1, 0.15) is 30.0 Å². The summed E-state index contributed by atoms with van der Waals surface area (Å²) in [6, 6.07) is 12.6. The van der Waals surface area contributed by atoms with Gasteiger partial charge in [0.25, 0.3) is 5.91 Å². The van der Waals surface area contributed by atoms with E-state index >= 15 is 0 Å². The molecule has 0 radical (unpaired) electrons. The van der Waals surface area contributed by atoms with Gasteiger partial charge in [-0.25, -0.2) is 8.42 Å². The van der Waals surface area contributed by atoms with E-state index in [4.69, 9.17) is 16.3 Å². The molecule has 0 aliphatic carbocycles. The van der Waals surface area contributed by atoms with E-state index < -0.39 is 15.9 Å². The molecule has 156 valence electrons. The zero-order chi connectivity index (χ0) is 21.2. The van der Waals surface area contributed by atoms with E-state index in [2.05, 4.69) is 0 Å². The van der Waals surface area contributed by atoms with Gasteiger partial charge >= 0.3 is 0 Å². The van der Waals surface area contributed by atoms with Crippen LogP contribution in [0.2, 0.25) is 5.02 Å². The molecule has 7 heteroatoms. The number of ether oxygens (including phenoxy) is 1. The topological polar surface area (TPSA) is 63.7 Å². The van der Waals surface area contributed by atoms with Crippen molar-refractivity contribution in [3.05, 3.63) is 64.2 Å². The first kappa shape index (κ1) is 21.7. The highest BCUT2D eigenvalue weighted by Gasteiger charge is 2.36. The zero-order valence-electron chi connectivity index (χ0n) is 16.9. The van der Waals surface area contributed by atoms with Crippen molar-refractivity contribution in [1.82, 2.24) is 4.90 Å². The smallest absolute Gasteiger partial charge is 0.263 e. The van der Waals surface area contributed by atoms with Crippen LogP contribution < -0.4 is 4.74 Å². The summed E-state index contributed by atoms with van der Waals surface area (Å²) in [4.78, 5) is 14.9. The van der Waals surface area contributed by atoms with Crippen molar-refractivity contribution < 1.29 is 17.9 Å².